The molecule has 1 aliphatic heterocycles. The Bertz CT molecular complexity index is 345. The van der Waals surface area contributed by atoms with Crippen LogP contribution in [-0.2, 0) is 0 Å². The Balaban J connectivity index is 0.000000280. The van der Waals surface area contributed by atoms with Crippen LogP contribution in [0.1, 0.15) is 12.5 Å². The van der Waals surface area contributed by atoms with Gasteiger partial charge in [0.1, 0.15) is 0 Å². The zero-order valence-electron chi connectivity index (χ0n) is 9.22. The molecule has 0 saturated carbocycles. The van der Waals surface area contributed by atoms with Crippen LogP contribution in [0, 0.1) is 0 Å². The first-order valence-corrected chi connectivity index (χ1v) is 5.06. The first-order valence-electron chi connectivity index (χ1n) is 5.06. The van der Waals surface area contributed by atoms with Crippen molar-refractivity contribution in [3.8, 4) is 11.5 Å². The van der Waals surface area contributed by atoms with Gasteiger partial charge in [-0.3, -0.25) is 0 Å². The van der Waals surface area contributed by atoms with Crippen LogP contribution in [0.5, 0.6) is 11.5 Å². The first-order chi connectivity index (χ1) is 7.81. The van der Waals surface area contributed by atoms with Gasteiger partial charge in [-0.15, -0.1) is 0 Å². The summed E-state index contributed by atoms with van der Waals surface area (Å²) in [5.41, 5.74) is 1.14. The van der Waals surface area contributed by atoms with Crippen LogP contribution in [0.3, 0.4) is 0 Å². The van der Waals surface area contributed by atoms with E-state index in [-0.39, 0.29) is 13.2 Å². The number of fused-ring (bicyclic) bond motifs is 1. The van der Waals surface area contributed by atoms with Crippen molar-refractivity contribution in [2.24, 2.45) is 0 Å². The van der Waals surface area contributed by atoms with Crippen LogP contribution in [0.2, 0.25) is 0 Å². The smallest absolute Gasteiger partial charge is 0.231 e. The van der Waals surface area contributed by atoms with Gasteiger partial charge in [0.05, 0.1) is 13.2 Å². The molecule has 0 spiro atoms. The number of aliphatic hydroxyl groups excluding tert-OH is 2. The summed E-state index contributed by atoms with van der Waals surface area (Å²) in [6.45, 7) is 2.08. The maximum Gasteiger partial charge on any atom is 0.231 e. The Morgan fingerprint density at radius 1 is 1.19 bits per heavy atom. The van der Waals surface area contributed by atoms with Crippen LogP contribution < -0.4 is 9.47 Å². The summed E-state index contributed by atoms with van der Waals surface area (Å²) < 4.78 is 10.4. The monoisotopic (exact) mass is 224 g/mol. The maximum atomic E-state index is 7.62. The third kappa shape index (κ3) is 3.56. The quantitative estimate of drug-likeness (QED) is 0.797. The molecule has 0 radical (unpaired) electrons. The highest BCUT2D eigenvalue weighted by Crippen LogP contribution is 2.32. The minimum absolute atomic E-state index is 0.125. The van der Waals surface area contributed by atoms with Gasteiger partial charge in [0.2, 0.25) is 6.79 Å². The Hall–Kier alpha value is -1.52. The van der Waals surface area contributed by atoms with E-state index in [0.29, 0.717) is 6.79 Å². The topological polar surface area (TPSA) is 58.9 Å². The average molecular weight is 224 g/mol. The van der Waals surface area contributed by atoms with Crippen molar-refractivity contribution in [1.82, 2.24) is 0 Å². The van der Waals surface area contributed by atoms with Gasteiger partial charge in [0.15, 0.2) is 11.5 Å². The minimum atomic E-state index is -0.125. The van der Waals surface area contributed by atoms with E-state index in [1.807, 2.05) is 37.3 Å². The summed E-state index contributed by atoms with van der Waals surface area (Å²) in [5, 5.41) is 15.2. The normalized spacial score (nSPS) is 12.4. The molecule has 0 aromatic heterocycles. The number of aliphatic hydroxyl groups is 2. The lowest BCUT2D eigenvalue weighted by Crippen LogP contribution is -1.92. The molecule has 1 heterocycles. The van der Waals surface area contributed by atoms with Gasteiger partial charge in [-0.05, 0) is 24.6 Å². The van der Waals surface area contributed by atoms with Gasteiger partial charge < -0.3 is 19.7 Å². The molecular weight excluding hydrogens is 208 g/mol. The summed E-state index contributed by atoms with van der Waals surface area (Å²) in [6.07, 6.45) is 4.03. The fourth-order valence-electron chi connectivity index (χ4n) is 1.21. The summed E-state index contributed by atoms with van der Waals surface area (Å²) in [4.78, 5) is 0. The van der Waals surface area contributed by atoms with Gasteiger partial charge in [-0.2, -0.15) is 0 Å². The van der Waals surface area contributed by atoms with Crippen molar-refractivity contribution in [2.45, 2.75) is 6.92 Å². The largest absolute Gasteiger partial charge is 0.454 e. The van der Waals surface area contributed by atoms with Gasteiger partial charge >= 0.3 is 0 Å². The Kier molecular flexibility index (Phi) is 5.39. The lowest BCUT2D eigenvalue weighted by atomic mass is 10.2. The second kappa shape index (κ2) is 6.87. The van der Waals surface area contributed by atoms with Gasteiger partial charge in [-0.25, -0.2) is 0 Å². The molecule has 0 atom stereocenters. The van der Waals surface area contributed by atoms with E-state index in [9.17, 15) is 0 Å². The molecule has 0 saturated heterocycles. The second-order valence-electron chi connectivity index (χ2n) is 3.06. The predicted octanol–water partition coefficient (Wildman–Crippen LogP) is 1.42. The molecule has 4 nitrogen and oxygen atoms in total. The molecule has 0 unspecified atom stereocenters. The van der Waals surface area contributed by atoms with E-state index in [1.165, 1.54) is 0 Å². The first kappa shape index (κ1) is 12.5. The SMILES string of the molecule is C/C=C/c1ccc2c(c1)OCO2.OCCO. The lowest BCUT2D eigenvalue weighted by Gasteiger charge is -1.96. The molecule has 88 valence electrons. The number of allylic oxidation sites excluding steroid dienone is 1. The molecule has 2 rings (SSSR count). The van der Waals surface area contributed by atoms with Crippen LogP contribution in [-0.4, -0.2) is 30.2 Å². The highest BCUT2D eigenvalue weighted by atomic mass is 16.7. The molecule has 4 heteroatoms. The summed E-state index contributed by atoms with van der Waals surface area (Å²) in [7, 11) is 0. The summed E-state index contributed by atoms with van der Waals surface area (Å²) in [6, 6.07) is 5.91. The molecular formula is C12H16O4. The molecule has 16 heavy (non-hydrogen) atoms. The molecule has 2 N–H and O–H groups in total. The van der Waals surface area contributed by atoms with Gasteiger partial charge in [0.25, 0.3) is 0 Å². The molecule has 0 amide bonds. The summed E-state index contributed by atoms with van der Waals surface area (Å²) in [5.74, 6) is 1.67. The van der Waals surface area contributed by atoms with Crippen LogP contribution in [0.4, 0.5) is 0 Å². The van der Waals surface area contributed by atoms with E-state index >= 15 is 0 Å². The van der Waals surface area contributed by atoms with Gasteiger partial charge in [0, 0.05) is 0 Å². The van der Waals surface area contributed by atoms with Gasteiger partial charge in [-0.1, -0.05) is 18.2 Å². The van der Waals surface area contributed by atoms with Crippen LogP contribution >= 0.6 is 0 Å². The highest BCUT2D eigenvalue weighted by molar-refractivity contribution is 5.56. The third-order valence-corrected chi connectivity index (χ3v) is 1.86. The van der Waals surface area contributed by atoms with Crippen molar-refractivity contribution in [2.75, 3.05) is 20.0 Å². The lowest BCUT2D eigenvalue weighted by molar-refractivity contribution is 0.174. The second-order valence-corrected chi connectivity index (χ2v) is 3.06. The standard InChI is InChI=1S/C10H10O2.C2H6O2/c1-2-3-8-4-5-9-10(6-8)12-7-11-9;3-1-2-4/h2-6H,7H2,1H3;3-4H,1-2H2/b3-2+;. The minimum Gasteiger partial charge on any atom is -0.454 e. The van der Waals surface area contributed by atoms with E-state index in [4.69, 9.17) is 19.7 Å². The number of ether oxygens (including phenoxy) is 2. The van der Waals surface area contributed by atoms with E-state index in [0.717, 1.165) is 17.1 Å². The van der Waals surface area contributed by atoms with E-state index in [1.54, 1.807) is 0 Å². The zero-order valence-corrected chi connectivity index (χ0v) is 9.22. The third-order valence-electron chi connectivity index (χ3n) is 1.86. The number of benzene rings is 1. The average Bonchev–Trinajstić information content (AvgIpc) is 2.77. The number of hydrogen-bond donors (Lipinski definition) is 2. The fourth-order valence-corrected chi connectivity index (χ4v) is 1.21. The molecule has 0 bridgehead atoms. The molecule has 1 aromatic carbocycles. The molecule has 1 aromatic rings. The Labute approximate surface area is 94.7 Å². The van der Waals surface area contributed by atoms with Crippen molar-refractivity contribution < 1.29 is 19.7 Å². The Morgan fingerprint density at radius 3 is 2.50 bits per heavy atom. The maximum absolute atomic E-state index is 7.62. The van der Waals surface area contributed by atoms with Crippen LogP contribution in [0.25, 0.3) is 6.08 Å². The molecule has 0 fully saturated rings. The van der Waals surface area contributed by atoms with Crippen molar-refractivity contribution >= 4 is 6.08 Å². The summed E-state index contributed by atoms with van der Waals surface area (Å²) >= 11 is 0. The van der Waals surface area contributed by atoms with Crippen LogP contribution in [0.15, 0.2) is 24.3 Å². The van der Waals surface area contributed by atoms with Crippen molar-refractivity contribution in [3.05, 3.63) is 29.8 Å². The fraction of sp³-hybridized carbons (Fsp3) is 0.333. The highest BCUT2D eigenvalue weighted by Gasteiger charge is 2.11. The van der Waals surface area contributed by atoms with E-state index in [2.05, 4.69) is 0 Å². The molecule has 1 aliphatic rings. The number of rotatable bonds is 2. The van der Waals surface area contributed by atoms with Crippen molar-refractivity contribution in [1.29, 1.82) is 0 Å². The Morgan fingerprint density at radius 2 is 1.88 bits per heavy atom. The van der Waals surface area contributed by atoms with E-state index < -0.39 is 0 Å². The number of hydrogen-bond acceptors (Lipinski definition) is 4. The zero-order chi connectivity index (χ0) is 11.8. The van der Waals surface area contributed by atoms with Crippen molar-refractivity contribution in [3.63, 3.8) is 0 Å². The molecule has 0 aliphatic carbocycles. The predicted molar refractivity (Wildman–Crippen MR) is 61.4 cm³/mol.